The van der Waals surface area contributed by atoms with Crippen LogP contribution in [0.25, 0.3) is 0 Å². The molecule has 130 valence electrons. The van der Waals surface area contributed by atoms with Gasteiger partial charge in [-0.3, -0.25) is 9.59 Å². The van der Waals surface area contributed by atoms with Crippen LogP contribution >= 0.6 is 11.3 Å². The number of rotatable bonds is 3. The number of nitrogens with zero attached hydrogens (tertiary/aromatic N) is 1. The lowest BCUT2D eigenvalue weighted by molar-refractivity contribution is -0.146. The Balaban J connectivity index is 1.60. The van der Waals surface area contributed by atoms with Crippen molar-refractivity contribution in [1.82, 2.24) is 0 Å². The summed E-state index contributed by atoms with van der Waals surface area (Å²) < 4.78 is 0. The molecule has 0 spiro atoms. The average Bonchev–Trinajstić information content (AvgIpc) is 3.23. The summed E-state index contributed by atoms with van der Waals surface area (Å²) in [6.45, 7) is 0. The van der Waals surface area contributed by atoms with E-state index in [0.29, 0.717) is 10.6 Å². The van der Waals surface area contributed by atoms with Crippen LogP contribution in [0.15, 0.2) is 12.2 Å². The van der Waals surface area contributed by atoms with E-state index in [1.807, 2.05) is 12.2 Å². The van der Waals surface area contributed by atoms with Crippen LogP contribution in [-0.2, 0) is 22.4 Å². The fraction of sp³-hybridized carbons (Fsp3) is 0.526. The summed E-state index contributed by atoms with van der Waals surface area (Å²) in [5.74, 6) is -2.40. The van der Waals surface area contributed by atoms with Crippen LogP contribution in [0.2, 0.25) is 0 Å². The van der Waals surface area contributed by atoms with Gasteiger partial charge in [0.15, 0.2) is 0 Å². The molecule has 0 aliphatic heterocycles. The lowest BCUT2D eigenvalue weighted by atomic mass is 9.82. The van der Waals surface area contributed by atoms with Gasteiger partial charge in [0.25, 0.3) is 0 Å². The fourth-order valence-corrected chi connectivity index (χ4v) is 5.90. The summed E-state index contributed by atoms with van der Waals surface area (Å²) in [6, 6.07) is 2.26. The third-order valence-electron chi connectivity index (χ3n) is 5.82. The largest absolute Gasteiger partial charge is 0.481 e. The molecule has 2 N–H and O–H groups in total. The van der Waals surface area contributed by atoms with E-state index in [4.69, 9.17) is 0 Å². The number of nitrogens with one attached hydrogen (secondary N) is 1. The second-order valence-electron chi connectivity index (χ2n) is 7.21. The van der Waals surface area contributed by atoms with Crippen molar-refractivity contribution in [3.63, 3.8) is 0 Å². The van der Waals surface area contributed by atoms with Crippen molar-refractivity contribution in [3.05, 3.63) is 28.2 Å². The quantitative estimate of drug-likeness (QED) is 0.642. The molecule has 0 unspecified atom stereocenters. The number of carboxylic acid groups (broad SMARTS) is 1. The maximum Gasteiger partial charge on any atom is 0.307 e. The molecule has 5 nitrogen and oxygen atoms in total. The highest BCUT2D eigenvalue weighted by atomic mass is 32.1. The van der Waals surface area contributed by atoms with E-state index < -0.39 is 17.8 Å². The topological polar surface area (TPSA) is 90.2 Å². The Morgan fingerprint density at radius 2 is 1.88 bits per heavy atom. The molecule has 4 atom stereocenters. The first-order valence-corrected chi connectivity index (χ1v) is 9.68. The van der Waals surface area contributed by atoms with E-state index >= 15 is 0 Å². The van der Waals surface area contributed by atoms with Crippen LogP contribution in [0.3, 0.4) is 0 Å². The minimum absolute atomic E-state index is 0.00516. The SMILES string of the molecule is N#Cc1c(NC(=O)[C@@H]2[C@H](C(=O)O)[C@H]3C=C[C@H]2C3)sc2c1CCCCC2. The summed E-state index contributed by atoms with van der Waals surface area (Å²) in [5, 5.41) is 22.6. The standard InChI is InChI=1S/C19H20N2O3S/c20-9-13-12-4-2-1-3-5-14(12)25-18(13)21-17(22)15-10-6-7-11(8-10)16(15)19(23)24/h6-7,10-11,15-16H,1-5,8H2,(H,21,22)(H,23,24)/t10-,11-,15-,16+/m0/s1. The van der Waals surface area contributed by atoms with Gasteiger partial charge < -0.3 is 10.4 Å². The van der Waals surface area contributed by atoms with Crippen molar-refractivity contribution < 1.29 is 14.7 Å². The number of aliphatic carboxylic acids is 1. The van der Waals surface area contributed by atoms with Crippen molar-refractivity contribution in [3.8, 4) is 6.07 Å². The number of carbonyl (C=O) groups excluding carboxylic acids is 1. The number of thiophene rings is 1. The lowest BCUT2D eigenvalue weighted by Crippen LogP contribution is -2.36. The zero-order valence-electron chi connectivity index (χ0n) is 13.8. The smallest absolute Gasteiger partial charge is 0.307 e. The third kappa shape index (κ3) is 2.67. The number of anilines is 1. The van der Waals surface area contributed by atoms with Gasteiger partial charge in [-0.25, -0.2) is 0 Å². The van der Waals surface area contributed by atoms with Crippen molar-refractivity contribution in [1.29, 1.82) is 5.26 Å². The molecule has 0 aromatic carbocycles. The lowest BCUT2D eigenvalue weighted by Gasteiger charge is -2.23. The summed E-state index contributed by atoms with van der Waals surface area (Å²) in [4.78, 5) is 25.7. The molecule has 1 fully saturated rings. The van der Waals surface area contributed by atoms with Gasteiger partial charge in [-0.2, -0.15) is 5.26 Å². The molecule has 1 aromatic rings. The van der Waals surface area contributed by atoms with Crippen LogP contribution in [0, 0.1) is 35.0 Å². The Labute approximate surface area is 150 Å². The van der Waals surface area contributed by atoms with Crippen LogP contribution in [0.5, 0.6) is 0 Å². The minimum Gasteiger partial charge on any atom is -0.481 e. The molecule has 2 bridgehead atoms. The third-order valence-corrected chi connectivity index (χ3v) is 7.02. The van der Waals surface area contributed by atoms with E-state index in [-0.39, 0.29) is 17.7 Å². The monoisotopic (exact) mass is 356 g/mol. The van der Waals surface area contributed by atoms with E-state index in [0.717, 1.165) is 37.7 Å². The molecule has 1 amide bonds. The Kier molecular flexibility index (Phi) is 4.12. The minimum atomic E-state index is -0.903. The summed E-state index contributed by atoms with van der Waals surface area (Å²) in [5.41, 5.74) is 1.67. The van der Waals surface area contributed by atoms with Gasteiger partial charge in [-0.1, -0.05) is 18.6 Å². The Morgan fingerprint density at radius 1 is 1.16 bits per heavy atom. The van der Waals surface area contributed by atoms with E-state index in [2.05, 4.69) is 11.4 Å². The Bertz CT molecular complexity index is 804. The molecule has 0 saturated heterocycles. The van der Waals surface area contributed by atoms with Crippen LogP contribution in [-0.4, -0.2) is 17.0 Å². The number of amides is 1. The Hall–Kier alpha value is -2.13. The molecule has 3 aliphatic carbocycles. The van der Waals surface area contributed by atoms with E-state index in [9.17, 15) is 20.0 Å². The first-order chi connectivity index (χ1) is 12.1. The van der Waals surface area contributed by atoms with Gasteiger partial charge in [-0.15, -0.1) is 11.3 Å². The number of hydrogen-bond donors (Lipinski definition) is 2. The molecule has 0 radical (unpaired) electrons. The number of carboxylic acids is 1. The molecule has 4 rings (SSSR count). The maximum atomic E-state index is 12.9. The number of carbonyl (C=O) groups is 2. The number of nitriles is 1. The highest BCUT2D eigenvalue weighted by Crippen LogP contribution is 2.49. The first kappa shape index (κ1) is 16.3. The summed E-state index contributed by atoms with van der Waals surface area (Å²) >= 11 is 1.50. The van der Waals surface area contributed by atoms with Gasteiger partial charge in [0.05, 0.1) is 17.4 Å². The van der Waals surface area contributed by atoms with Crippen molar-refractivity contribution in [2.45, 2.75) is 38.5 Å². The van der Waals surface area contributed by atoms with E-state index in [1.54, 1.807) is 0 Å². The zero-order chi connectivity index (χ0) is 17.6. The molecule has 1 aromatic heterocycles. The average molecular weight is 356 g/mol. The second kappa shape index (κ2) is 6.30. The number of hydrogen-bond acceptors (Lipinski definition) is 4. The molecule has 3 aliphatic rings. The van der Waals surface area contributed by atoms with Crippen molar-refractivity contribution >= 4 is 28.2 Å². The Morgan fingerprint density at radius 3 is 2.60 bits per heavy atom. The summed E-state index contributed by atoms with van der Waals surface area (Å²) in [6.07, 6.45) is 9.85. The maximum absolute atomic E-state index is 12.9. The highest BCUT2D eigenvalue weighted by molar-refractivity contribution is 7.16. The number of allylic oxidation sites excluding steroid dienone is 2. The van der Waals surface area contributed by atoms with Gasteiger partial charge >= 0.3 is 5.97 Å². The first-order valence-electron chi connectivity index (χ1n) is 8.86. The normalized spacial score (nSPS) is 29.7. The van der Waals surface area contributed by atoms with Gasteiger partial charge in [0.2, 0.25) is 5.91 Å². The highest BCUT2D eigenvalue weighted by Gasteiger charge is 2.51. The molecule has 1 saturated carbocycles. The molecule has 25 heavy (non-hydrogen) atoms. The van der Waals surface area contributed by atoms with Gasteiger partial charge in [0, 0.05) is 4.88 Å². The van der Waals surface area contributed by atoms with Crippen molar-refractivity contribution in [2.75, 3.05) is 5.32 Å². The number of fused-ring (bicyclic) bond motifs is 3. The molecule has 6 heteroatoms. The summed E-state index contributed by atoms with van der Waals surface area (Å²) in [7, 11) is 0. The van der Waals surface area contributed by atoms with Crippen LogP contribution in [0.4, 0.5) is 5.00 Å². The molecular formula is C19H20N2O3S. The van der Waals surface area contributed by atoms with Gasteiger partial charge in [-0.05, 0) is 49.5 Å². The fourth-order valence-electron chi connectivity index (χ4n) is 4.66. The second-order valence-corrected chi connectivity index (χ2v) is 8.31. The number of aryl methyl sites for hydroxylation is 1. The van der Waals surface area contributed by atoms with Gasteiger partial charge in [0.1, 0.15) is 11.1 Å². The van der Waals surface area contributed by atoms with Crippen LogP contribution < -0.4 is 5.32 Å². The molecule has 1 heterocycles. The zero-order valence-corrected chi connectivity index (χ0v) is 14.6. The van der Waals surface area contributed by atoms with E-state index in [1.165, 1.54) is 22.6 Å². The van der Waals surface area contributed by atoms with Crippen LogP contribution in [0.1, 0.15) is 41.7 Å². The molecular weight excluding hydrogens is 336 g/mol. The predicted octanol–water partition coefficient (Wildman–Crippen LogP) is 3.35. The predicted molar refractivity (Wildman–Crippen MR) is 94.3 cm³/mol. The van der Waals surface area contributed by atoms with Crippen molar-refractivity contribution in [2.24, 2.45) is 23.7 Å².